The zero-order valence-electron chi connectivity index (χ0n) is 14.7. The van der Waals surface area contributed by atoms with Gasteiger partial charge in [-0.25, -0.2) is 13.9 Å². The molecule has 0 saturated carbocycles. The topological polar surface area (TPSA) is 82.8 Å². The second-order valence-corrected chi connectivity index (χ2v) is 6.49. The Morgan fingerprint density at radius 3 is 3.04 bits per heavy atom. The number of hydrogen-bond acceptors (Lipinski definition) is 5. The van der Waals surface area contributed by atoms with E-state index in [1.807, 2.05) is 18.2 Å². The van der Waals surface area contributed by atoms with Crippen molar-refractivity contribution in [1.82, 2.24) is 19.9 Å². The smallest absolute Gasteiger partial charge is 0.271 e. The third-order valence-electron chi connectivity index (χ3n) is 4.76. The number of aromatic nitrogens is 3. The summed E-state index contributed by atoms with van der Waals surface area (Å²) in [7, 11) is 0. The SMILES string of the molecule is O=C(NCCO)c1cnc2ccc(N3CCCC3c3cccc(F)c3)nn12. The normalized spacial score (nSPS) is 16.8. The zero-order chi connectivity index (χ0) is 18.8. The van der Waals surface area contributed by atoms with Crippen LogP contribution in [0.2, 0.25) is 0 Å². The number of anilines is 1. The van der Waals surface area contributed by atoms with Gasteiger partial charge in [-0.15, -0.1) is 5.10 Å². The van der Waals surface area contributed by atoms with Crippen LogP contribution in [0.5, 0.6) is 0 Å². The molecule has 7 nitrogen and oxygen atoms in total. The summed E-state index contributed by atoms with van der Waals surface area (Å²) in [6.45, 7) is 0.838. The van der Waals surface area contributed by atoms with Crippen LogP contribution in [0.15, 0.2) is 42.6 Å². The van der Waals surface area contributed by atoms with Crippen LogP contribution in [0.25, 0.3) is 5.65 Å². The second-order valence-electron chi connectivity index (χ2n) is 6.49. The first-order valence-electron chi connectivity index (χ1n) is 8.93. The van der Waals surface area contributed by atoms with E-state index in [0.29, 0.717) is 17.2 Å². The van der Waals surface area contributed by atoms with Gasteiger partial charge in [0.05, 0.1) is 18.8 Å². The molecule has 2 N–H and O–H groups in total. The molecule has 1 aliphatic heterocycles. The lowest BCUT2D eigenvalue weighted by Crippen LogP contribution is -2.28. The van der Waals surface area contributed by atoms with Crippen molar-refractivity contribution in [3.63, 3.8) is 0 Å². The first-order chi connectivity index (χ1) is 13.2. The lowest BCUT2D eigenvalue weighted by molar-refractivity contribution is 0.0937. The number of carbonyl (C=O) groups excluding carboxylic acids is 1. The van der Waals surface area contributed by atoms with Gasteiger partial charge >= 0.3 is 0 Å². The number of imidazole rings is 1. The van der Waals surface area contributed by atoms with E-state index in [4.69, 9.17) is 5.11 Å². The van der Waals surface area contributed by atoms with E-state index in [1.54, 1.807) is 12.1 Å². The van der Waals surface area contributed by atoms with E-state index in [1.165, 1.54) is 16.8 Å². The van der Waals surface area contributed by atoms with Gasteiger partial charge in [-0.1, -0.05) is 12.1 Å². The molecule has 1 aliphatic rings. The number of aliphatic hydroxyl groups is 1. The number of carbonyl (C=O) groups is 1. The van der Waals surface area contributed by atoms with Crippen molar-refractivity contribution in [2.75, 3.05) is 24.6 Å². The maximum Gasteiger partial charge on any atom is 0.271 e. The minimum atomic E-state index is -0.343. The molecule has 27 heavy (non-hydrogen) atoms. The predicted octanol–water partition coefficient (Wildman–Crippen LogP) is 1.93. The van der Waals surface area contributed by atoms with Gasteiger partial charge in [0.15, 0.2) is 11.3 Å². The summed E-state index contributed by atoms with van der Waals surface area (Å²) in [6.07, 6.45) is 3.36. The summed E-state index contributed by atoms with van der Waals surface area (Å²) in [6, 6.07) is 10.4. The number of halogens is 1. The summed E-state index contributed by atoms with van der Waals surface area (Å²) in [5.41, 5.74) is 1.79. The van der Waals surface area contributed by atoms with Crippen LogP contribution in [0.4, 0.5) is 10.2 Å². The summed E-state index contributed by atoms with van der Waals surface area (Å²) >= 11 is 0. The number of benzene rings is 1. The van der Waals surface area contributed by atoms with Crippen molar-refractivity contribution in [3.8, 4) is 0 Å². The van der Waals surface area contributed by atoms with E-state index in [-0.39, 0.29) is 30.9 Å². The number of aliphatic hydroxyl groups excluding tert-OH is 1. The van der Waals surface area contributed by atoms with Gasteiger partial charge in [0.1, 0.15) is 11.6 Å². The van der Waals surface area contributed by atoms with Gasteiger partial charge in [-0.2, -0.15) is 0 Å². The Labute approximate surface area is 155 Å². The van der Waals surface area contributed by atoms with Crippen LogP contribution in [-0.4, -0.2) is 45.3 Å². The van der Waals surface area contributed by atoms with Gasteiger partial charge < -0.3 is 15.3 Å². The van der Waals surface area contributed by atoms with Crippen molar-refractivity contribution in [2.45, 2.75) is 18.9 Å². The van der Waals surface area contributed by atoms with Crippen molar-refractivity contribution in [1.29, 1.82) is 0 Å². The molecular weight excluding hydrogens is 349 g/mol. The Balaban J connectivity index is 1.67. The van der Waals surface area contributed by atoms with Crippen LogP contribution in [0.1, 0.15) is 34.9 Å². The number of fused-ring (bicyclic) bond motifs is 1. The van der Waals surface area contributed by atoms with E-state index >= 15 is 0 Å². The molecular formula is C19H20FN5O2. The molecule has 3 aromatic rings. The van der Waals surface area contributed by atoms with Gasteiger partial charge in [0, 0.05) is 13.1 Å². The molecule has 140 valence electrons. The highest BCUT2D eigenvalue weighted by Crippen LogP contribution is 2.35. The average molecular weight is 369 g/mol. The minimum absolute atomic E-state index is 0.0424. The van der Waals surface area contributed by atoms with Gasteiger partial charge in [0.25, 0.3) is 5.91 Å². The molecule has 1 saturated heterocycles. The van der Waals surface area contributed by atoms with Crippen LogP contribution >= 0.6 is 0 Å². The Morgan fingerprint density at radius 2 is 2.22 bits per heavy atom. The molecule has 2 aromatic heterocycles. The van der Waals surface area contributed by atoms with E-state index < -0.39 is 0 Å². The number of hydrogen-bond donors (Lipinski definition) is 2. The highest BCUT2D eigenvalue weighted by Gasteiger charge is 2.28. The lowest BCUT2D eigenvalue weighted by atomic mass is 10.0. The summed E-state index contributed by atoms with van der Waals surface area (Å²) in [5, 5.41) is 16.1. The second kappa shape index (κ2) is 7.32. The van der Waals surface area contributed by atoms with Crippen molar-refractivity contribution in [2.24, 2.45) is 0 Å². The first kappa shape index (κ1) is 17.4. The number of nitrogens with zero attached hydrogens (tertiary/aromatic N) is 4. The molecule has 8 heteroatoms. The highest BCUT2D eigenvalue weighted by atomic mass is 19.1. The molecule has 3 heterocycles. The Kier molecular flexibility index (Phi) is 4.72. The van der Waals surface area contributed by atoms with Gasteiger partial charge in [-0.05, 0) is 42.7 Å². The number of amides is 1. The fourth-order valence-electron chi connectivity index (χ4n) is 3.53. The maximum atomic E-state index is 13.7. The lowest BCUT2D eigenvalue weighted by Gasteiger charge is -2.26. The molecule has 4 rings (SSSR count). The first-order valence-corrected chi connectivity index (χ1v) is 8.93. The Morgan fingerprint density at radius 1 is 1.33 bits per heavy atom. The fourth-order valence-corrected chi connectivity index (χ4v) is 3.53. The molecule has 0 spiro atoms. The highest BCUT2D eigenvalue weighted by molar-refractivity contribution is 5.93. The number of nitrogens with one attached hydrogen (secondary N) is 1. The third-order valence-corrected chi connectivity index (χ3v) is 4.76. The largest absolute Gasteiger partial charge is 0.395 e. The van der Waals surface area contributed by atoms with Crippen LogP contribution in [-0.2, 0) is 0 Å². The maximum absolute atomic E-state index is 13.7. The Bertz CT molecular complexity index is 974. The molecule has 1 aromatic carbocycles. The van der Waals surface area contributed by atoms with Crippen molar-refractivity contribution < 1.29 is 14.3 Å². The van der Waals surface area contributed by atoms with Crippen molar-refractivity contribution >= 4 is 17.4 Å². The standard InChI is InChI=1S/C19H20FN5O2/c20-14-4-1-3-13(11-14)15-5-2-9-24(15)18-7-6-17-22-12-16(25(17)23-18)19(27)21-8-10-26/h1,3-4,6-7,11-12,15,26H,2,5,8-10H2,(H,21,27). The zero-order valence-corrected chi connectivity index (χ0v) is 14.7. The van der Waals surface area contributed by atoms with Crippen LogP contribution in [0.3, 0.4) is 0 Å². The molecule has 1 unspecified atom stereocenters. The molecule has 0 aliphatic carbocycles. The molecule has 1 fully saturated rings. The summed E-state index contributed by atoms with van der Waals surface area (Å²) < 4.78 is 15.2. The van der Waals surface area contributed by atoms with E-state index in [9.17, 15) is 9.18 Å². The van der Waals surface area contributed by atoms with Crippen LogP contribution in [0, 0.1) is 5.82 Å². The van der Waals surface area contributed by atoms with Crippen molar-refractivity contribution in [3.05, 3.63) is 59.7 Å². The van der Waals surface area contributed by atoms with E-state index in [2.05, 4.69) is 20.3 Å². The molecule has 0 radical (unpaired) electrons. The van der Waals surface area contributed by atoms with Gasteiger partial charge in [0.2, 0.25) is 0 Å². The summed E-state index contributed by atoms with van der Waals surface area (Å²) in [4.78, 5) is 18.6. The minimum Gasteiger partial charge on any atom is -0.395 e. The average Bonchev–Trinajstić information content (AvgIpc) is 3.32. The fraction of sp³-hybridized carbons (Fsp3) is 0.316. The molecule has 0 bridgehead atoms. The molecule has 1 amide bonds. The predicted molar refractivity (Wildman–Crippen MR) is 98.1 cm³/mol. The monoisotopic (exact) mass is 369 g/mol. The third kappa shape index (κ3) is 3.35. The number of rotatable bonds is 5. The Hall–Kier alpha value is -3.00. The van der Waals surface area contributed by atoms with E-state index in [0.717, 1.165) is 24.9 Å². The summed E-state index contributed by atoms with van der Waals surface area (Å²) in [5.74, 6) is 0.119. The molecule has 1 atom stereocenters. The quantitative estimate of drug-likeness (QED) is 0.718. The van der Waals surface area contributed by atoms with Gasteiger partial charge in [-0.3, -0.25) is 4.79 Å². The van der Waals surface area contributed by atoms with Crippen LogP contribution < -0.4 is 10.2 Å².